The number of aromatic nitrogens is 3. The van der Waals surface area contributed by atoms with Crippen LogP contribution in [0.15, 0.2) is 18.3 Å². The molecule has 0 radical (unpaired) electrons. The minimum absolute atomic E-state index is 0.262. The van der Waals surface area contributed by atoms with Gasteiger partial charge in [-0.15, -0.1) is 0 Å². The second kappa shape index (κ2) is 4.27. The van der Waals surface area contributed by atoms with Crippen molar-refractivity contribution in [2.45, 2.75) is 13.3 Å². The smallest absolute Gasteiger partial charge is 0.278 e. The Kier molecular flexibility index (Phi) is 2.59. The van der Waals surface area contributed by atoms with Crippen LogP contribution in [0, 0.1) is 6.92 Å². The Morgan fingerprint density at radius 3 is 2.95 bits per heavy atom. The van der Waals surface area contributed by atoms with E-state index in [1.807, 2.05) is 0 Å². The maximum atomic E-state index is 11.8. The highest BCUT2D eigenvalue weighted by molar-refractivity contribution is 6.05. The predicted molar refractivity (Wildman–Crippen MR) is 67.6 cm³/mol. The number of amides is 3. The molecular formula is C12H11N5O2. The zero-order chi connectivity index (χ0) is 13.4. The minimum Gasteiger partial charge on any atom is -0.278 e. The Balaban J connectivity index is 2.07. The van der Waals surface area contributed by atoms with E-state index in [4.69, 9.17) is 0 Å². The second-order valence-corrected chi connectivity index (χ2v) is 4.23. The van der Waals surface area contributed by atoms with Crippen molar-refractivity contribution in [3.8, 4) is 0 Å². The average molecular weight is 257 g/mol. The number of hydrogen-bond donors (Lipinski definition) is 1. The summed E-state index contributed by atoms with van der Waals surface area (Å²) in [6.45, 7) is 2.08. The van der Waals surface area contributed by atoms with E-state index in [9.17, 15) is 9.59 Å². The third-order valence-corrected chi connectivity index (χ3v) is 2.90. The van der Waals surface area contributed by atoms with Crippen molar-refractivity contribution >= 4 is 28.9 Å². The lowest BCUT2D eigenvalue weighted by molar-refractivity contribution is -0.120. The van der Waals surface area contributed by atoms with E-state index in [1.165, 1.54) is 4.90 Å². The van der Waals surface area contributed by atoms with E-state index in [1.54, 1.807) is 25.3 Å². The molecule has 2 aromatic heterocycles. The van der Waals surface area contributed by atoms with Gasteiger partial charge >= 0.3 is 6.03 Å². The maximum Gasteiger partial charge on any atom is 0.329 e. The predicted octanol–water partition coefficient (Wildman–Crippen LogP) is 0.780. The molecule has 0 aliphatic carbocycles. The van der Waals surface area contributed by atoms with Gasteiger partial charge in [0.15, 0.2) is 11.5 Å². The summed E-state index contributed by atoms with van der Waals surface area (Å²) in [7, 11) is 0. The van der Waals surface area contributed by atoms with Gasteiger partial charge in [0.1, 0.15) is 5.52 Å². The molecule has 0 aromatic carbocycles. The van der Waals surface area contributed by atoms with Crippen molar-refractivity contribution in [1.82, 2.24) is 20.3 Å². The van der Waals surface area contributed by atoms with Crippen molar-refractivity contribution in [2.75, 3.05) is 11.4 Å². The van der Waals surface area contributed by atoms with Gasteiger partial charge in [0.25, 0.3) is 0 Å². The molecule has 3 heterocycles. The highest BCUT2D eigenvalue weighted by Crippen LogP contribution is 2.20. The molecule has 7 nitrogen and oxygen atoms in total. The Hall–Kier alpha value is -2.57. The van der Waals surface area contributed by atoms with Crippen molar-refractivity contribution in [3.63, 3.8) is 0 Å². The second-order valence-electron chi connectivity index (χ2n) is 4.23. The first-order valence-corrected chi connectivity index (χ1v) is 5.86. The van der Waals surface area contributed by atoms with Crippen LogP contribution >= 0.6 is 0 Å². The molecule has 1 N–H and O–H groups in total. The molecule has 0 unspecified atom stereocenters. The summed E-state index contributed by atoms with van der Waals surface area (Å²) in [4.78, 5) is 37.2. The number of carbonyl (C=O) groups excluding carboxylic acids is 2. The maximum absolute atomic E-state index is 11.8. The van der Waals surface area contributed by atoms with Crippen LogP contribution in [-0.4, -0.2) is 33.4 Å². The Morgan fingerprint density at radius 2 is 2.16 bits per heavy atom. The summed E-state index contributed by atoms with van der Waals surface area (Å²) >= 11 is 0. The molecule has 0 saturated carbocycles. The molecule has 96 valence electrons. The van der Waals surface area contributed by atoms with E-state index in [-0.39, 0.29) is 12.3 Å². The summed E-state index contributed by atoms with van der Waals surface area (Å²) in [5, 5.41) is 2.27. The van der Waals surface area contributed by atoms with Gasteiger partial charge in [0.2, 0.25) is 5.91 Å². The van der Waals surface area contributed by atoms with Crippen LogP contribution in [0.5, 0.6) is 0 Å². The van der Waals surface area contributed by atoms with Crippen LogP contribution in [-0.2, 0) is 4.79 Å². The summed E-state index contributed by atoms with van der Waals surface area (Å²) < 4.78 is 0. The fourth-order valence-corrected chi connectivity index (χ4v) is 1.99. The van der Waals surface area contributed by atoms with E-state index in [0.717, 1.165) is 0 Å². The van der Waals surface area contributed by atoms with Gasteiger partial charge in [-0.25, -0.2) is 19.7 Å². The molecule has 0 spiro atoms. The Labute approximate surface area is 108 Å². The van der Waals surface area contributed by atoms with Crippen LogP contribution in [0.3, 0.4) is 0 Å². The van der Waals surface area contributed by atoms with E-state index in [0.29, 0.717) is 29.2 Å². The SMILES string of the molecule is Cc1nc2ncccc2nc1N1CCC(=O)NC1=O. The summed E-state index contributed by atoms with van der Waals surface area (Å²) in [5.41, 5.74) is 1.76. The minimum atomic E-state index is -0.461. The van der Waals surface area contributed by atoms with E-state index < -0.39 is 6.03 Å². The first-order valence-electron chi connectivity index (χ1n) is 5.86. The molecule has 19 heavy (non-hydrogen) atoms. The Morgan fingerprint density at radius 1 is 1.32 bits per heavy atom. The number of anilines is 1. The normalized spacial score (nSPS) is 15.7. The number of aryl methyl sites for hydroxylation is 1. The first-order chi connectivity index (χ1) is 9.15. The number of hydrogen-bond acceptors (Lipinski definition) is 5. The molecule has 1 fully saturated rings. The monoisotopic (exact) mass is 257 g/mol. The number of imide groups is 1. The van der Waals surface area contributed by atoms with Crippen LogP contribution in [0.25, 0.3) is 11.2 Å². The summed E-state index contributed by atoms with van der Waals surface area (Å²) in [5.74, 6) is 0.194. The van der Waals surface area contributed by atoms with Gasteiger partial charge in [-0.3, -0.25) is 15.0 Å². The lowest BCUT2D eigenvalue weighted by atomic mass is 10.3. The van der Waals surface area contributed by atoms with Gasteiger partial charge in [0, 0.05) is 19.2 Å². The lowest BCUT2D eigenvalue weighted by Gasteiger charge is -2.26. The molecule has 0 bridgehead atoms. The van der Waals surface area contributed by atoms with Crippen molar-refractivity contribution in [1.29, 1.82) is 0 Å². The topological polar surface area (TPSA) is 88.1 Å². The fourth-order valence-electron chi connectivity index (χ4n) is 1.99. The summed E-state index contributed by atoms with van der Waals surface area (Å²) in [6, 6.07) is 3.08. The van der Waals surface area contributed by atoms with Crippen molar-refractivity contribution < 1.29 is 9.59 Å². The number of nitrogens with one attached hydrogen (secondary N) is 1. The molecule has 3 amide bonds. The van der Waals surface area contributed by atoms with Gasteiger partial charge in [0.05, 0.1) is 5.69 Å². The fraction of sp³-hybridized carbons (Fsp3) is 0.250. The van der Waals surface area contributed by atoms with Crippen LogP contribution in [0.2, 0.25) is 0 Å². The number of pyridine rings is 1. The van der Waals surface area contributed by atoms with Crippen molar-refractivity contribution in [3.05, 3.63) is 24.0 Å². The zero-order valence-corrected chi connectivity index (χ0v) is 10.3. The molecule has 3 rings (SSSR count). The standard InChI is InChI=1S/C12H11N5O2/c1-7-11(17-6-4-9(18)16-12(17)19)15-8-3-2-5-13-10(8)14-7/h2-3,5H,4,6H2,1H3,(H,16,18,19). The average Bonchev–Trinajstić information content (AvgIpc) is 2.38. The first kappa shape index (κ1) is 11.5. The molecule has 0 atom stereocenters. The zero-order valence-electron chi connectivity index (χ0n) is 10.3. The number of carbonyl (C=O) groups is 2. The largest absolute Gasteiger partial charge is 0.329 e. The van der Waals surface area contributed by atoms with Crippen molar-refractivity contribution in [2.24, 2.45) is 0 Å². The molecule has 1 saturated heterocycles. The quantitative estimate of drug-likeness (QED) is 0.815. The van der Waals surface area contributed by atoms with Gasteiger partial charge < -0.3 is 0 Å². The van der Waals surface area contributed by atoms with Gasteiger partial charge in [-0.1, -0.05) is 0 Å². The third-order valence-electron chi connectivity index (χ3n) is 2.90. The highest BCUT2D eigenvalue weighted by Gasteiger charge is 2.27. The molecular weight excluding hydrogens is 246 g/mol. The van der Waals surface area contributed by atoms with Crippen LogP contribution < -0.4 is 10.2 Å². The van der Waals surface area contributed by atoms with E-state index in [2.05, 4.69) is 20.3 Å². The summed E-state index contributed by atoms with van der Waals surface area (Å²) in [6.07, 6.45) is 1.90. The highest BCUT2D eigenvalue weighted by atomic mass is 16.2. The molecule has 1 aliphatic heterocycles. The number of urea groups is 1. The van der Waals surface area contributed by atoms with Gasteiger partial charge in [-0.2, -0.15) is 0 Å². The van der Waals surface area contributed by atoms with Crippen LogP contribution in [0.4, 0.5) is 10.6 Å². The lowest BCUT2D eigenvalue weighted by Crippen LogP contribution is -2.50. The molecule has 7 heteroatoms. The molecule has 1 aliphatic rings. The van der Waals surface area contributed by atoms with E-state index >= 15 is 0 Å². The number of rotatable bonds is 1. The van der Waals surface area contributed by atoms with Gasteiger partial charge in [-0.05, 0) is 19.1 Å². The number of nitrogens with zero attached hydrogens (tertiary/aromatic N) is 4. The Bertz CT molecular complexity index is 685. The molecule has 2 aromatic rings. The third kappa shape index (κ3) is 1.99. The van der Waals surface area contributed by atoms with Crippen LogP contribution in [0.1, 0.15) is 12.1 Å². The number of fused-ring (bicyclic) bond motifs is 1.